The summed E-state index contributed by atoms with van der Waals surface area (Å²) in [5.41, 5.74) is 2.18. The SMILES string of the molecule is O=C1CSc2ccc(-c3[c]nc4ccccn4c3=O)cc2N1. The Morgan fingerprint density at radius 1 is 1.23 bits per heavy atom. The van der Waals surface area contributed by atoms with E-state index in [0.29, 0.717) is 22.5 Å². The van der Waals surface area contributed by atoms with E-state index in [1.807, 2.05) is 18.2 Å². The number of anilines is 1. The standard InChI is InChI=1S/C16H10N3O2S/c20-15-9-22-13-5-4-10(7-12(13)18-15)11-8-17-14-3-1-2-6-19(14)16(11)21/h1-7H,9H2,(H,18,20). The Morgan fingerprint density at radius 3 is 3.05 bits per heavy atom. The van der Waals surface area contributed by atoms with Gasteiger partial charge in [0.25, 0.3) is 5.56 Å². The third kappa shape index (κ3) is 2.08. The summed E-state index contributed by atoms with van der Waals surface area (Å²) in [7, 11) is 0. The fraction of sp³-hybridized carbons (Fsp3) is 0.0625. The Bertz CT molecular complexity index is 965. The molecule has 0 saturated carbocycles. The highest BCUT2D eigenvalue weighted by atomic mass is 32.2. The fourth-order valence-electron chi connectivity index (χ4n) is 2.41. The number of thioether (sulfide) groups is 1. The maximum absolute atomic E-state index is 12.6. The van der Waals surface area contributed by atoms with E-state index < -0.39 is 0 Å². The zero-order chi connectivity index (χ0) is 15.1. The van der Waals surface area contributed by atoms with Gasteiger partial charge in [0.15, 0.2) is 0 Å². The van der Waals surface area contributed by atoms with Crippen LogP contribution in [0.3, 0.4) is 0 Å². The summed E-state index contributed by atoms with van der Waals surface area (Å²) in [6.45, 7) is 0. The van der Waals surface area contributed by atoms with Crippen LogP contribution >= 0.6 is 11.8 Å². The minimum Gasteiger partial charge on any atom is -0.324 e. The van der Waals surface area contributed by atoms with Crippen LogP contribution in [0, 0.1) is 6.20 Å². The van der Waals surface area contributed by atoms with Gasteiger partial charge in [0, 0.05) is 11.1 Å². The van der Waals surface area contributed by atoms with Crippen LogP contribution in [0.25, 0.3) is 16.8 Å². The number of amides is 1. The molecule has 1 N–H and O–H groups in total. The van der Waals surface area contributed by atoms with Gasteiger partial charge in [0.1, 0.15) is 11.8 Å². The zero-order valence-electron chi connectivity index (χ0n) is 11.4. The normalized spacial score (nSPS) is 13.7. The number of carbonyl (C=O) groups excluding carboxylic acids is 1. The first-order valence-electron chi connectivity index (χ1n) is 6.68. The van der Waals surface area contributed by atoms with Gasteiger partial charge in [-0.3, -0.25) is 14.0 Å². The first-order valence-corrected chi connectivity index (χ1v) is 7.67. The molecule has 5 nitrogen and oxygen atoms in total. The van der Waals surface area contributed by atoms with E-state index in [2.05, 4.69) is 16.5 Å². The lowest BCUT2D eigenvalue weighted by atomic mass is 10.1. The van der Waals surface area contributed by atoms with Gasteiger partial charge in [0.05, 0.1) is 17.0 Å². The van der Waals surface area contributed by atoms with Crippen molar-refractivity contribution >= 4 is 29.0 Å². The lowest BCUT2D eigenvalue weighted by Crippen LogP contribution is -2.19. The van der Waals surface area contributed by atoms with E-state index in [0.717, 1.165) is 10.6 Å². The number of fused-ring (bicyclic) bond motifs is 2. The molecule has 0 aliphatic carbocycles. The largest absolute Gasteiger partial charge is 0.324 e. The third-order valence-electron chi connectivity index (χ3n) is 3.45. The van der Waals surface area contributed by atoms with Gasteiger partial charge in [0.2, 0.25) is 5.91 Å². The molecule has 0 unspecified atom stereocenters. The lowest BCUT2D eigenvalue weighted by Gasteiger charge is -2.16. The molecule has 3 heterocycles. The van der Waals surface area contributed by atoms with Gasteiger partial charge in [-0.25, -0.2) is 4.98 Å². The van der Waals surface area contributed by atoms with Gasteiger partial charge < -0.3 is 5.32 Å². The molecular weight excluding hydrogens is 298 g/mol. The molecule has 0 fully saturated rings. The number of hydrogen-bond donors (Lipinski definition) is 1. The summed E-state index contributed by atoms with van der Waals surface area (Å²) in [6.07, 6.45) is 4.49. The Labute approximate surface area is 130 Å². The van der Waals surface area contributed by atoms with Crippen molar-refractivity contribution in [2.24, 2.45) is 0 Å². The first-order chi connectivity index (χ1) is 10.7. The van der Waals surface area contributed by atoms with Crippen LogP contribution in [-0.2, 0) is 4.79 Å². The minimum atomic E-state index is -0.180. The Morgan fingerprint density at radius 2 is 2.14 bits per heavy atom. The molecule has 4 rings (SSSR count). The highest BCUT2D eigenvalue weighted by Gasteiger charge is 2.17. The topological polar surface area (TPSA) is 63.5 Å². The number of rotatable bonds is 1. The molecule has 1 aromatic carbocycles. The predicted molar refractivity (Wildman–Crippen MR) is 85.1 cm³/mol. The van der Waals surface area contributed by atoms with Crippen LogP contribution in [0.4, 0.5) is 5.69 Å². The van der Waals surface area contributed by atoms with Crippen LogP contribution in [-0.4, -0.2) is 21.0 Å². The van der Waals surface area contributed by atoms with Crippen LogP contribution in [0.5, 0.6) is 0 Å². The molecule has 1 amide bonds. The number of hydrogen-bond acceptors (Lipinski definition) is 4. The van der Waals surface area contributed by atoms with Crippen molar-refractivity contribution in [1.29, 1.82) is 0 Å². The predicted octanol–water partition coefficient (Wildman–Crippen LogP) is 2.21. The summed E-state index contributed by atoms with van der Waals surface area (Å²) in [5, 5.41) is 2.82. The van der Waals surface area contributed by atoms with Crippen LogP contribution in [0.2, 0.25) is 0 Å². The quantitative estimate of drug-likeness (QED) is 0.748. The number of nitrogens with one attached hydrogen (secondary N) is 1. The van der Waals surface area contributed by atoms with E-state index in [-0.39, 0.29) is 11.5 Å². The van der Waals surface area contributed by atoms with E-state index in [9.17, 15) is 9.59 Å². The monoisotopic (exact) mass is 308 g/mol. The Kier molecular flexibility index (Phi) is 2.97. The minimum absolute atomic E-state index is 0.0352. The van der Waals surface area contributed by atoms with E-state index in [1.54, 1.807) is 24.4 Å². The Balaban J connectivity index is 1.89. The van der Waals surface area contributed by atoms with Gasteiger partial charge in [-0.1, -0.05) is 12.1 Å². The summed E-state index contributed by atoms with van der Waals surface area (Å²) in [5.74, 6) is 0.380. The van der Waals surface area contributed by atoms with Gasteiger partial charge in [-0.05, 0) is 29.8 Å². The number of benzene rings is 1. The molecule has 3 aromatic rings. The first kappa shape index (κ1) is 13.1. The molecule has 0 spiro atoms. The molecule has 0 saturated heterocycles. The second-order valence-corrected chi connectivity index (χ2v) is 5.90. The molecule has 1 radical (unpaired) electrons. The van der Waals surface area contributed by atoms with E-state index in [4.69, 9.17) is 0 Å². The number of pyridine rings is 1. The average Bonchev–Trinajstić information content (AvgIpc) is 2.55. The van der Waals surface area contributed by atoms with Crippen molar-refractivity contribution in [2.45, 2.75) is 4.90 Å². The van der Waals surface area contributed by atoms with Crippen molar-refractivity contribution in [1.82, 2.24) is 9.38 Å². The van der Waals surface area contributed by atoms with Crippen molar-refractivity contribution < 1.29 is 4.79 Å². The van der Waals surface area contributed by atoms with E-state index >= 15 is 0 Å². The smallest absolute Gasteiger partial charge is 0.266 e. The number of nitrogens with zero attached hydrogens (tertiary/aromatic N) is 2. The second-order valence-electron chi connectivity index (χ2n) is 4.88. The molecule has 0 bridgehead atoms. The summed E-state index contributed by atoms with van der Waals surface area (Å²) in [6, 6.07) is 10.9. The summed E-state index contributed by atoms with van der Waals surface area (Å²) in [4.78, 5) is 29.2. The summed E-state index contributed by atoms with van der Waals surface area (Å²) >= 11 is 1.49. The van der Waals surface area contributed by atoms with Crippen LogP contribution in [0.1, 0.15) is 0 Å². The van der Waals surface area contributed by atoms with Gasteiger partial charge in [-0.15, -0.1) is 11.8 Å². The van der Waals surface area contributed by atoms with Crippen molar-refractivity contribution in [2.75, 3.05) is 11.1 Å². The highest BCUT2D eigenvalue weighted by Crippen LogP contribution is 2.34. The fourth-order valence-corrected chi connectivity index (χ4v) is 3.19. The van der Waals surface area contributed by atoms with E-state index in [1.165, 1.54) is 16.2 Å². The van der Waals surface area contributed by atoms with Crippen LogP contribution < -0.4 is 10.9 Å². The van der Waals surface area contributed by atoms with Crippen molar-refractivity contribution in [3.8, 4) is 11.1 Å². The van der Waals surface area contributed by atoms with Crippen LogP contribution in [0.15, 0.2) is 52.3 Å². The van der Waals surface area contributed by atoms with Crippen molar-refractivity contribution in [3.63, 3.8) is 0 Å². The molecule has 2 aromatic heterocycles. The van der Waals surface area contributed by atoms with Gasteiger partial charge >= 0.3 is 0 Å². The van der Waals surface area contributed by atoms with Gasteiger partial charge in [-0.2, -0.15) is 0 Å². The molecule has 107 valence electrons. The summed E-state index contributed by atoms with van der Waals surface area (Å²) < 4.78 is 1.48. The maximum atomic E-state index is 12.6. The maximum Gasteiger partial charge on any atom is 0.266 e. The second kappa shape index (κ2) is 4.99. The lowest BCUT2D eigenvalue weighted by molar-refractivity contribution is -0.113. The molecule has 1 aliphatic rings. The molecule has 0 atom stereocenters. The molecular formula is C16H10N3O2S. The molecule has 1 aliphatic heterocycles. The number of carbonyl (C=O) groups is 1. The van der Waals surface area contributed by atoms with Crippen molar-refractivity contribution in [3.05, 3.63) is 59.1 Å². The molecule has 6 heteroatoms. The number of aromatic nitrogens is 2. The average molecular weight is 308 g/mol. The zero-order valence-corrected chi connectivity index (χ0v) is 12.2. The molecule has 22 heavy (non-hydrogen) atoms. The Hall–Kier alpha value is -2.60. The highest BCUT2D eigenvalue weighted by molar-refractivity contribution is 8.00. The third-order valence-corrected chi connectivity index (χ3v) is 4.53.